The van der Waals surface area contributed by atoms with Crippen molar-refractivity contribution >= 4 is 22.5 Å². The van der Waals surface area contributed by atoms with Crippen molar-refractivity contribution in [3.05, 3.63) is 76.1 Å². The van der Waals surface area contributed by atoms with Crippen molar-refractivity contribution in [2.45, 2.75) is 6.54 Å². The Bertz CT molecular complexity index is 1070. The molecule has 0 spiro atoms. The summed E-state index contributed by atoms with van der Waals surface area (Å²) >= 11 is 5.98. The average molecular weight is 339 g/mol. The van der Waals surface area contributed by atoms with E-state index in [1.165, 1.54) is 10.9 Å². The molecule has 7 nitrogen and oxygen atoms in total. The van der Waals surface area contributed by atoms with Gasteiger partial charge < -0.3 is 0 Å². The number of para-hydroxylation sites is 1. The van der Waals surface area contributed by atoms with Gasteiger partial charge in [0.15, 0.2) is 5.82 Å². The highest BCUT2D eigenvalue weighted by Gasteiger charge is 2.11. The lowest BCUT2D eigenvalue weighted by atomic mass is 10.2. The topological polar surface area (TPSA) is 78.5 Å². The van der Waals surface area contributed by atoms with Gasteiger partial charge in [0.2, 0.25) is 0 Å². The maximum atomic E-state index is 12.6. The molecule has 4 rings (SSSR count). The highest BCUT2D eigenvalue weighted by atomic mass is 35.5. The number of tetrazole rings is 1. The molecule has 0 fully saturated rings. The summed E-state index contributed by atoms with van der Waals surface area (Å²) in [5.74, 6) is 0.534. The molecule has 2 aromatic heterocycles. The molecule has 2 aromatic carbocycles. The van der Waals surface area contributed by atoms with Crippen LogP contribution in [0.5, 0.6) is 0 Å². The standard InChI is InChI=1S/C16H11ClN6O/c17-11-6-7-14-13(8-11)16(24)22(10-18-14)9-15-19-20-21-23(15)12-4-2-1-3-5-12/h1-8,10H,9H2. The molecule has 0 bridgehead atoms. The molecule has 2 heterocycles. The van der Waals surface area contributed by atoms with E-state index >= 15 is 0 Å². The third-order valence-corrected chi connectivity index (χ3v) is 3.87. The molecule has 24 heavy (non-hydrogen) atoms. The van der Waals surface area contributed by atoms with Gasteiger partial charge >= 0.3 is 0 Å². The van der Waals surface area contributed by atoms with Crippen molar-refractivity contribution in [1.29, 1.82) is 0 Å². The highest BCUT2D eigenvalue weighted by Crippen LogP contribution is 2.14. The maximum Gasteiger partial charge on any atom is 0.261 e. The first-order valence-electron chi connectivity index (χ1n) is 7.20. The van der Waals surface area contributed by atoms with Gasteiger partial charge in [-0.05, 0) is 40.8 Å². The molecule has 0 aliphatic carbocycles. The third-order valence-electron chi connectivity index (χ3n) is 3.63. The Labute approximate surface area is 141 Å². The van der Waals surface area contributed by atoms with E-state index in [0.29, 0.717) is 21.7 Å². The van der Waals surface area contributed by atoms with E-state index in [9.17, 15) is 4.79 Å². The van der Waals surface area contributed by atoms with Crippen molar-refractivity contribution in [2.24, 2.45) is 0 Å². The normalized spacial score (nSPS) is 11.0. The number of rotatable bonds is 3. The van der Waals surface area contributed by atoms with E-state index in [1.807, 2.05) is 30.3 Å². The summed E-state index contributed by atoms with van der Waals surface area (Å²) in [6.07, 6.45) is 1.49. The van der Waals surface area contributed by atoms with Crippen LogP contribution in [-0.2, 0) is 6.54 Å². The average Bonchev–Trinajstić information content (AvgIpc) is 3.07. The smallest absolute Gasteiger partial charge is 0.261 e. The second kappa shape index (κ2) is 5.86. The van der Waals surface area contributed by atoms with E-state index < -0.39 is 0 Å². The van der Waals surface area contributed by atoms with E-state index in [-0.39, 0.29) is 12.1 Å². The quantitative estimate of drug-likeness (QED) is 0.571. The number of nitrogens with zero attached hydrogens (tertiary/aromatic N) is 6. The Hall–Kier alpha value is -3.06. The van der Waals surface area contributed by atoms with Crippen LogP contribution in [0.4, 0.5) is 0 Å². The Balaban J connectivity index is 1.78. The van der Waals surface area contributed by atoms with Gasteiger partial charge in [-0.1, -0.05) is 29.8 Å². The second-order valence-electron chi connectivity index (χ2n) is 5.18. The van der Waals surface area contributed by atoms with Crippen LogP contribution in [0.2, 0.25) is 5.02 Å². The summed E-state index contributed by atoms with van der Waals surface area (Å²) in [6, 6.07) is 14.5. The van der Waals surface area contributed by atoms with Gasteiger partial charge in [-0.3, -0.25) is 9.36 Å². The van der Waals surface area contributed by atoms with E-state index in [4.69, 9.17) is 11.6 Å². The molecule has 4 aromatic rings. The first-order chi connectivity index (χ1) is 11.7. The SMILES string of the molecule is O=c1c2cc(Cl)ccc2ncn1Cc1nnnn1-c1ccccc1. The van der Waals surface area contributed by atoms with E-state index in [0.717, 1.165) is 5.69 Å². The Morgan fingerprint density at radius 3 is 2.75 bits per heavy atom. The molecule has 0 unspecified atom stereocenters. The number of hydrogen-bond acceptors (Lipinski definition) is 5. The molecular weight excluding hydrogens is 328 g/mol. The van der Waals surface area contributed by atoms with Gasteiger partial charge in [-0.15, -0.1) is 5.10 Å². The predicted octanol–water partition coefficient (Wildman–Crippen LogP) is 2.07. The Morgan fingerprint density at radius 2 is 1.92 bits per heavy atom. The van der Waals surface area contributed by atoms with Gasteiger partial charge in [0.25, 0.3) is 5.56 Å². The van der Waals surface area contributed by atoms with Gasteiger partial charge in [-0.25, -0.2) is 4.98 Å². The third kappa shape index (κ3) is 2.55. The van der Waals surface area contributed by atoms with Crippen LogP contribution in [0.15, 0.2) is 59.7 Å². The fraction of sp³-hybridized carbons (Fsp3) is 0.0625. The number of benzene rings is 2. The zero-order valence-electron chi connectivity index (χ0n) is 12.4. The van der Waals surface area contributed by atoms with Crippen LogP contribution in [-0.4, -0.2) is 29.8 Å². The largest absolute Gasteiger partial charge is 0.291 e. The minimum absolute atomic E-state index is 0.190. The van der Waals surface area contributed by atoms with Crippen LogP contribution in [0.3, 0.4) is 0 Å². The van der Waals surface area contributed by atoms with Crippen LogP contribution in [0.1, 0.15) is 5.82 Å². The minimum atomic E-state index is -0.190. The van der Waals surface area contributed by atoms with Crippen molar-refractivity contribution in [3.8, 4) is 5.69 Å². The maximum absolute atomic E-state index is 12.6. The number of halogens is 1. The van der Waals surface area contributed by atoms with Gasteiger partial charge in [0.1, 0.15) is 0 Å². The van der Waals surface area contributed by atoms with Crippen LogP contribution in [0.25, 0.3) is 16.6 Å². The summed E-state index contributed by atoms with van der Waals surface area (Å²) < 4.78 is 3.05. The number of aromatic nitrogens is 6. The summed E-state index contributed by atoms with van der Waals surface area (Å²) in [4.78, 5) is 16.9. The molecule has 0 amide bonds. The van der Waals surface area contributed by atoms with E-state index in [1.54, 1.807) is 22.9 Å². The molecule has 0 saturated carbocycles. The zero-order chi connectivity index (χ0) is 16.5. The summed E-state index contributed by atoms with van der Waals surface area (Å²) in [5.41, 5.74) is 1.23. The molecule has 0 saturated heterocycles. The van der Waals surface area contributed by atoms with Crippen molar-refractivity contribution < 1.29 is 0 Å². The summed E-state index contributed by atoms with van der Waals surface area (Å²) in [6.45, 7) is 0.205. The Kier molecular flexibility index (Phi) is 3.55. The lowest BCUT2D eigenvalue weighted by Crippen LogP contribution is -2.23. The van der Waals surface area contributed by atoms with Gasteiger partial charge in [-0.2, -0.15) is 4.68 Å². The fourth-order valence-electron chi connectivity index (χ4n) is 2.47. The molecule has 0 radical (unpaired) electrons. The van der Waals surface area contributed by atoms with Crippen molar-refractivity contribution in [3.63, 3.8) is 0 Å². The lowest BCUT2D eigenvalue weighted by Gasteiger charge is -2.07. The summed E-state index contributed by atoms with van der Waals surface area (Å²) in [7, 11) is 0. The van der Waals surface area contributed by atoms with Crippen LogP contribution >= 0.6 is 11.6 Å². The van der Waals surface area contributed by atoms with Crippen LogP contribution in [0, 0.1) is 0 Å². The van der Waals surface area contributed by atoms with Gasteiger partial charge in [0, 0.05) is 5.02 Å². The molecule has 0 N–H and O–H groups in total. The predicted molar refractivity (Wildman–Crippen MR) is 89.3 cm³/mol. The number of fused-ring (bicyclic) bond motifs is 1. The summed E-state index contributed by atoms with van der Waals surface area (Å²) in [5, 5.41) is 12.7. The molecule has 0 aliphatic rings. The Morgan fingerprint density at radius 1 is 1.08 bits per heavy atom. The minimum Gasteiger partial charge on any atom is -0.291 e. The molecule has 0 aliphatic heterocycles. The fourth-order valence-corrected chi connectivity index (χ4v) is 2.64. The second-order valence-corrected chi connectivity index (χ2v) is 5.62. The molecule has 8 heteroatoms. The highest BCUT2D eigenvalue weighted by molar-refractivity contribution is 6.31. The first kappa shape index (κ1) is 14.5. The van der Waals surface area contributed by atoms with E-state index in [2.05, 4.69) is 20.5 Å². The zero-order valence-corrected chi connectivity index (χ0v) is 13.1. The van der Waals surface area contributed by atoms with Gasteiger partial charge in [0.05, 0.1) is 29.5 Å². The van der Waals surface area contributed by atoms with Crippen LogP contribution < -0.4 is 5.56 Å². The molecule has 0 atom stereocenters. The lowest BCUT2D eigenvalue weighted by molar-refractivity contribution is 0.675. The number of hydrogen-bond donors (Lipinski definition) is 0. The van der Waals surface area contributed by atoms with Crippen molar-refractivity contribution in [2.75, 3.05) is 0 Å². The molecule has 118 valence electrons. The first-order valence-corrected chi connectivity index (χ1v) is 7.57. The monoisotopic (exact) mass is 338 g/mol. The van der Waals surface area contributed by atoms with Crippen molar-refractivity contribution in [1.82, 2.24) is 29.8 Å². The molecular formula is C16H11ClN6O.